The minimum absolute atomic E-state index is 0.0287. The summed E-state index contributed by atoms with van der Waals surface area (Å²) in [7, 11) is 1.43. The standard InChI is InChI=1S/C25H16Cl3NO5S/c1-33-21-10-14(2-9-20(21)34-24(31)15-3-6-17(26)7-4-15)11-22-23(30)29(25(32)35-22)13-16-5-8-18(27)12-19(16)28/h2-12H,13H2,1H3/b22-11-. The molecule has 3 aromatic carbocycles. The van der Waals surface area contributed by atoms with E-state index in [2.05, 4.69) is 0 Å². The maximum atomic E-state index is 12.9. The van der Waals surface area contributed by atoms with Crippen molar-refractivity contribution in [1.29, 1.82) is 0 Å². The lowest BCUT2D eigenvalue weighted by molar-refractivity contribution is -0.123. The Morgan fingerprint density at radius 1 is 0.943 bits per heavy atom. The molecule has 2 amide bonds. The van der Waals surface area contributed by atoms with Crippen LogP contribution in [0.4, 0.5) is 4.79 Å². The van der Waals surface area contributed by atoms with Gasteiger partial charge < -0.3 is 9.47 Å². The van der Waals surface area contributed by atoms with Gasteiger partial charge in [-0.1, -0.05) is 46.9 Å². The van der Waals surface area contributed by atoms with Crippen LogP contribution in [0.15, 0.2) is 65.6 Å². The van der Waals surface area contributed by atoms with Gasteiger partial charge in [0.2, 0.25) is 0 Å². The van der Waals surface area contributed by atoms with E-state index in [1.54, 1.807) is 66.7 Å². The van der Waals surface area contributed by atoms with Crippen LogP contribution in [-0.2, 0) is 11.3 Å². The zero-order valence-electron chi connectivity index (χ0n) is 18.1. The van der Waals surface area contributed by atoms with Gasteiger partial charge in [-0.25, -0.2) is 4.79 Å². The van der Waals surface area contributed by atoms with Crippen molar-refractivity contribution in [2.75, 3.05) is 7.11 Å². The van der Waals surface area contributed by atoms with Crippen molar-refractivity contribution >= 4 is 69.8 Å². The molecule has 178 valence electrons. The van der Waals surface area contributed by atoms with Gasteiger partial charge in [-0.3, -0.25) is 14.5 Å². The van der Waals surface area contributed by atoms with Crippen molar-refractivity contribution in [3.05, 3.63) is 97.3 Å². The van der Waals surface area contributed by atoms with Gasteiger partial charge in [0, 0.05) is 15.1 Å². The number of benzene rings is 3. The first-order valence-corrected chi connectivity index (χ1v) is 12.1. The molecule has 6 nitrogen and oxygen atoms in total. The highest BCUT2D eigenvalue weighted by Crippen LogP contribution is 2.36. The summed E-state index contributed by atoms with van der Waals surface area (Å²) < 4.78 is 10.8. The number of nitrogens with zero attached hydrogens (tertiary/aromatic N) is 1. The largest absolute Gasteiger partial charge is 0.493 e. The fourth-order valence-corrected chi connectivity index (χ4v) is 4.64. The molecule has 0 N–H and O–H groups in total. The Bertz CT molecular complexity index is 1360. The van der Waals surface area contributed by atoms with Crippen molar-refractivity contribution in [1.82, 2.24) is 4.90 Å². The maximum Gasteiger partial charge on any atom is 0.343 e. The molecule has 1 aliphatic rings. The van der Waals surface area contributed by atoms with Crippen LogP contribution in [0, 0.1) is 0 Å². The summed E-state index contributed by atoms with van der Waals surface area (Å²) in [5.41, 5.74) is 1.52. The van der Waals surface area contributed by atoms with Gasteiger partial charge in [-0.05, 0) is 77.5 Å². The molecule has 0 unspecified atom stereocenters. The Labute approximate surface area is 220 Å². The molecule has 1 aliphatic heterocycles. The number of hydrogen-bond donors (Lipinski definition) is 0. The van der Waals surface area contributed by atoms with E-state index in [9.17, 15) is 14.4 Å². The first-order valence-electron chi connectivity index (χ1n) is 10.1. The number of carbonyl (C=O) groups is 3. The smallest absolute Gasteiger partial charge is 0.343 e. The van der Waals surface area contributed by atoms with E-state index in [1.165, 1.54) is 7.11 Å². The topological polar surface area (TPSA) is 72.9 Å². The number of thioether (sulfide) groups is 1. The van der Waals surface area contributed by atoms with Crippen LogP contribution in [0.2, 0.25) is 15.1 Å². The number of hydrogen-bond acceptors (Lipinski definition) is 6. The van der Waals surface area contributed by atoms with E-state index in [-0.39, 0.29) is 22.9 Å². The predicted octanol–water partition coefficient (Wildman–Crippen LogP) is 7.11. The molecule has 0 aromatic heterocycles. The number of amides is 2. The molecule has 10 heteroatoms. The number of carbonyl (C=O) groups excluding carboxylic acids is 3. The third kappa shape index (κ3) is 5.82. The van der Waals surface area contributed by atoms with Gasteiger partial charge >= 0.3 is 5.97 Å². The summed E-state index contributed by atoms with van der Waals surface area (Å²) in [6, 6.07) is 16.0. The summed E-state index contributed by atoms with van der Waals surface area (Å²) in [5.74, 6) is -0.527. The summed E-state index contributed by atoms with van der Waals surface area (Å²) in [6.45, 7) is 0.0287. The van der Waals surface area contributed by atoms with E-state index >= 15 is 0 Å². The lowest BCUT2D eigenvalue weighted by atomic mass is 10.1. The zero-order chi connectivity index (χ0) is 25.1. The van der Waals surface area contributed by atoms with E-state index in [1.807, 2.05) is 0 Å². The average molecular weight is 549 g/mol. The normalized spacial score (nSPS) is 14.5. The van der Waals surface area contributed by atoms with Gasteiger partial charge in [0.1, 0.15) is 0 Å². The van der Waals surface area contributed by atoms with Crippen molar-refractivity contribution in [2.45, 2.75) is 6.54 Å². The molecular formula is C25H16Cl3NO5S. The zero-order valence-corrected chi connectivity index (χ0v) is 21.2. The highest BCUT2D eigenvalue weighted by Gasteiger charge is 2.35. The second kappa shape index (κ2) is 10.7. The fraction of sp³-hybridized carbons (Fsp3) is 0.0800. The lowest BCUT2D eigenvalue weighted by Gasteiger charge is -2.13. The minimum atomic E-state index is -0.574. The summed E-state index contributed by atoms with van der Waals surface area (Å²) in [6.07, 6.45) is 1.57. The van der Waals surface area contributed by atoms with Crippen molar-refractivity contribution < 1.29 is 23.9 Å². The maximum absolute atomic E-state index is 12.9. The second-order valence-corrected chi connectivity index (χ2v) is 9.58. The Morgan fingerprint density at radius 2 is 1.66 bits per heavy atom. The Balaban J connectivity index is 1.52. The van der Waals surface area contributed by atoms with E-state index in [4.69, 9.17) is 44.3 Å². The summed E-state index contributed by atoms with van der Waals surface area (Å²) in [5, 5.41) is 0.926. The Hall–Kier alpha value is -2.97. The van der Waals surface area contributed by atoms with Gasteiger partial charge in [0.05, 0.1) is 24.1 Å². The second-order valence-electron chi connectivity index (χ2n) is 7.31. The molecule has 1 heterocycles. The number of halogens is 3. The number of methoxy groups -OCH3 is 1. The highest BCUT2D eigenvalue weighted by molar-refractivity contribution is 8.18. The van der Waals surface area contributed by atoms with Crippen LogP contribution in [-0.4, -0.2) is 29.1 Å². The number of imide groups is 1. The molecule has 1 saturated heterocycles. The number of ether oxygens (including phenoxy) is 2. The Kier molecular flexibility index (Phi) is 7.72. The van der Waals surface area contributed by atoms with Crippen LogP contribution in [0.1, 0.15) is 21.5 Å². The van der Waals surface area contributed by atoms with Crippen LogP contribution in [0.25, 0.3) is 6.08 Å². The third-order valence-electron chi connectivity index (χ3n) is 4.99. The molecule has 0 saturated carbocycles. The van der Waals surface area contributed by atoms with E-state index < -0.39 is 17.1 Å². The monoisotopic (exact) mass is 547 g/mol. The number of rotatable bonds is 6. The van der Waals surface area contributed by atoms with E-state index in [0.29, 0.717) is 31.8 Å². The lowest BCUT2D eigenvalue weighted by Crippen LogP contribution is -2.27. The van der Waals surface area contributed by atoms with Gasteiger partial charge in [0.15, 0.2) is 11.5 Å². The van der Waals surface area contributed by atoms with Crippen molar-refractivity contribution in [3.63, 3.8) is 0 Å². The molecule has 0 aliphatic carbocycles. The average Bonchev–Trinajstić information content (AvgIpc) is 3.09. The molecule has 0 atom stereocenters. The molecule has 0 bridgehead atoms. The molecule has 3 aromatic rings. The minimum Gasteiger partial charge on any atom is -0.493 e. The first-order chi connectivity index (χ1) is 16.7. The molecule has 4 rings (SSSR count). The molecule has 0 spiro atoms. The van der Waals surface area contributed by atoms with Gasteiger partial charge in [-0.2, -0.15) is 0 Å². The van der Waals surface area contributed by atoms with Crippen LogP contribution in [0.3, 0.4) is 0 Å². The molecule has 0 radical (unpaired) electrons. The number of esters is 1. The van der Waals surface area contributed by atoms with Crippen LogP contribution < -0.4 is 9.47 Å². The fourth-order valence-electron chi connectivity index (χ4n) is 3.21. The van der Waals surface area contributed by atoms with E-state index in [0.717, 1.165) is 16.7 Å². The Morgan fingerprint density at radius 3 is 2.34 bits per heavy atom. The summed E-state index contributed by atoms with van der Waals surface area (Å²) in [4.78, 5) is 39.2. The van der Waals surface area contributed by atoms with Gasteiger partial charge in [-0.15, -0.1) is 0 Å². The first kappa shape index (κ1) is 25.1. The van der Waals surface area contributed by atoms with Gasteiger partial charge in [0.25, 0.3) is 11.1 Å². The quantitative estimate of drug-likeness (QED) is 0.186. The molecular weight excluding hydrogens is 533 g/mol. The molecule has 1 fully saturated rings. The van der Waals surface area contributed by atoms with Crippen molar-refractivity contribution in [2.24, 2.45) is 0 Å². The van der Waals surface area contributed by atoms with Crippen molar-refractivity contribution in [3.8, 4) is 11.5 Å². The SMILES string of the molecule is COc1cc(/C=C2\SC(=O)N(Cc3ccc(Cl)cc3Cl)C2=O)ccc1OC(=O)c1ccc(Cl)cc1. The van der Waals surface area contributed by atoms with Crippen LogP contribution >= 0.6 is 46.6 Å². The third-order valence-corrected chi connectivity index (χ3v) is 6.73. The van der Waals surface area contributed by atoms with Crippen LogP contribution in [0.5, 0.6) is 11.5 Å². The summed E-state index contributed by atoms with van der Waals surface area (Å²) >= 11 is 18.8. The molecule has 35 heavy (non-hydrogen) atoms. The predicted molar refractivity (Wildman–Crippen MR) is 137 cm³/mol. The highest BCUT2D eigenvalue weighted by atomic mass is 35.5.